The van der Waals surface area contributed by atoms with Crippen molar-refractivity contribution < 1.29 is 14.3 Å². The third-order valence-corrected chi connectivity index (χ3v) is 6.37. The number of nitrogens with zero attached hydrogens (tertiary/aromatic N) is 1. The van der Waals surface area contributed by atoms with Gasteiger partial charge in [-0.2, -0.15) is 0 Å². The number of thiazole rings is 1. The van der Waals surface area contributed by atoms with Gasteiger partial charge in [0, 0.05) is 16.4 Å². The zero-order chi connectivity index (χ0) is 20.4. The smallest absolute Gasteiger partial charge is 0.267 e. The van der Waals surface area contributed by atoms with E-state index in [0.717, 1.165) is 34.7 Å². The van der Waals surface area contributed by atoms with E-state index in [9.17, 15) is 9.59 Å². The highest BCUT2D eigenvalue weighted by Gasteiger charge is 2.30. The second-order valence-electron chi connectivity index (χ2n) is 6.76. The molecule has 0 atom stereocenters. The number of benzene rings is 1. The van der Waals surface area contributed by atoms with Gasteiger partial charge in [-0.3, -0.25) is 14.9 Å². The van der Waals surface area contributed by atoms with E-state index in [2.05, 4.69) is 15.6 Å². The number of aryl methyl sites for hydroxylation is 1. The number of amides is 2. The van der Waals surface area contributed by atoms with E-state index < -0.39 is 0 Å². The van der Waals surface area contributed by atoms with Crippen molar-refractivity contribution in [2.45, 2.75) is 26.7 Å². The summed E-state index contributed by atoms with van der Waals surface area (Å²) >= 11 is 2.70. The fraction of sp³-hybridized carbons (Fsp3) is 0.286. The maximum atomic E-state index is 12.6. The first-order valence-electron chi connectivity index (χ1n) is 9.46. The van der Waals surface area contributed by atoms with E-state index in [1.54, 1.807) is 12.1 Å². The summed E-state index contributed by atoms with van der Waals surface area (Å²) in [5.74, 6) is 0.761. The monoisotopic (exact) mass is 427 g/mol. The lowest BCUT2D eigenvalue weighted by atomic mass is 10.1. The van der Waals surface area contributed by atoms with Crippen LogP contribution in [0.1, 0.15) is 34.3 Å². The van der Waals surface area contributed by atoms with Gasteiger partial charge in [0.1, 0.15) is 5.75 Å². The summed E-state index contributed by atoms with van der Waals surface area (Å²) < 4.78 is 5.48. The standard InChI is InChI=1S/C21H21N3O3S2/c1-3-27-15-8-6-13(7-9-15)18-12(2)28-21(23-18)24-20(26)16-10-11-17(29-16)22-19(25)14-4-5-14/h6-11,14H,3-5H2,1-2H3,(H,22,25)(H,23,24,26). The second-order valence-corrected chi connectivity index (χ2v) is 9.05. The van der Waals surface area contributed by atoms with Crippen LogP contribution in [0.25, 0.3) is 11.3 Å². The predicted molar refractivity (Wildman–Crippen MR) is 117 cm³/mol. The van der Waals surface area contributed by atoms with Gasteiger partial charge in [-0.05, 0) is 63.1 Å². The van der Waals surface area contributed by atoms with Gasteiger partial charge >= 0.3 is 0 Å². The molecule has 2 heterocycles. The molecular weight excluding hydrogens is 406 g/mol. The molecule has 2 amide bonds. The fourth-order valence-corrected chi connectivity index (χ4v) is 4.48. The maximum Gasteiger partial charge on any atom is 0.267 e. The summed E-state index contributed by atoms with van der Waals surface area (Å²) in [6.45, 7) is 4.56. The topological polar surface area (TPSA) is 80.3 Å². The van der Waals surface area contributed by atoms with Crippen molar-refractivity contribution in [3.8, 4) is 17.0 Å². The Morgan fingerprint density at radius 3 is 2.55 bits per heavy atom. The molecule has 0 bridgehead atoms. The first kappa shape index (κ1) is 19.6. The SMILES string of the molecule is CCOc1ccc(-c2nc(NC(=O)c3ccc(NC(=O)C4CC4)s3)sc2C)cc1. The number of anilines is 2. The molecule has 3 aromatic rings. The zero-order valence-electron chi connectivity index (χ0n) is 16.2. The molecule has 6 nitrogen and oxygen atoms in total. The van der Waals surface area contributed by atoms with Crippen molar-refractivity contribution in [1.82, 2.24) is 4.98 Å². The highest BCUT2D eigenvalue weighted by molar-refractivity contribution is 7.18. The van der Waals surface area contributed by atoms with Crippen molar-refractivity contribution in [3.05, 3.63) is 46.2 Å². The molecule has 2 aromatic heterocycles. The number of hydrogen-bond donors (Lipinski definition) is 2. The lowest BCUT2D eigenvalue weighted by Gasteiger charge is -2.04. The molecule has 1 aliphatic carbocycles. The summed E-state index contributed by atoms with van der Waals surface area (Å²) in [5, 5.41) is 6.97. The van der Waals surface area contributed by atoms with E-state index in [1.807, 2.05) is 38.1 Å². The van der Waals surface area contributed by atoms with Crippen LogP contribution in [-0.2, 0) is 4.79 Å². The second kappa shape index (κ2) is 8.34. The summed E-state index contributed by atoms with van der Waals surface area (Å²) in [4.78, 5) is 30.6. The van der Waals surface area contributed by atoms with Crippen LogP contribution in [0.3, 0.4) is 0 Å². The first-order chi connectivity index (χ1) is 14.0. The fourth-order valence-electron chi connectivity index (χ4n) is 2.85. The number of ether oxygens (including phenoxy) is 1. The first-order valence-corrected chi connectivity index (χ1v) is 11.1. The molecule has 1 aromatic carbocycles. The minimum Gasteiger partial charge on any atom is -0.494 e. The molecule has 1 aliphatic rings. The highest BCUT2D eigenvalue weighted by atomic mass is 32.1. The molecule has 29 heavy (non-hydrogen) atoms. The Bertz CT molecular complexity index is 1040. The molecule has 4 rings (SSSR count). The number of thiophene rings is 1. The number of carbonyl (C=O) groups excluding carboxylic acids is 2. The maximum absolute atomic E-state index is 12.6. The quantitative estimate of drug-likeness (QED) is 0.544. The minimum atomic E-state index is -0.228. The van der Waals surface area contributed by atoms with E-state index >= 15 is 0 Å². The number of aromatic nitrogens is 1. The van der Waals surface area contributed by atoms with Gasteiger partial charge in [0.15, 0.2) is 5.13 Å². The predicted octanol–water partition coefficient (Wildman–Crippen LogP) is 5.18. The lowest BCUT2D eigenvalue weighted by molar-refractivity contribution is -0.117. The molecule has 0 saturated heterocycles. The Morgan fingerprint density at radius 2 is 1.86 bits per heavy atom. The molecule has 0 aliphatic heterocycles. The number of rotatable bonds is 7. The molecular formula is C21H21N3O3S2. The van der Waals surface area contributed by atoms with Gasteiger partial charge in [-0.1, -0.05) is 0 Å². The van der Waals surface area contributed by atoms with Crippen molar-refractivity contribution in [3.63, 3.8) is 0 Å². The molecule has 0 spiro atoms. The number of carbonyl (C=O) groups is 2. The molecule has 1 fully saturated rings. The summed E-state index contributed by atoms with van der Waals surface area (Å²) in [6.07, 6.45) is 1.90. The van der Waals surface area contributed by atoms with Gasteiger partial charge in [0.2, 0.25) is 5.91 Å². The summed E-state index contributed by atoms with van der Waals surface area (Å²) in [5.41, 5.74) is 1.82. The zero-order valence-corrected chi connectivity index (χ0v) is 17.8. The van der Waals surface area contributed by atoms with Gasteiger partial charge in [-0.25, -0.2) is 4.98 Å². The van der Waals surface area contributed by atoms with Crippen LogP contribution in [0.5, 0.6) is 5.75 Å². The average Bonchev–Trinajstić information content (AvgIpc) is 3.36. The number of hydrogen-bond acceptors (Lipinski definition) is 6. The van der Waals surface area contributed by atoms with Crippen LogP contribution < -0.4 is 15.4 Å². The van der Waals surface area contributed by atoms with Crippen LogP contribution in [0, 0.1) is 12.8 Å². The lowest BCUT2D eigenvalue weighted by Crippen LogP contribution is -2.12. The summed E-state index contributed by atoms with van der Waals surface area (Å²) in [7, 11) is 0. The average molecular weight is 428 g/mol. The van der Waals surface area contributed by atoms with Crippen molar-refractivity contribution in [2.75, 3.05) is 17.2 Å². The van der Waals surface area contributed by atoms with E-state index in [0.29, 0.717) is 21.6 Å². The molecule has 8 heteroatoms. The Kier molecular flexibility index (Phi) is 5.64. The third kappa shape index (κ3) is 4.65. The molecule has 1 saturated carbocycles. The van der Waals surface area contributed by atoms with Crippen molar-refractivity contribution >= 4 is 44.6 Å². The van der Waals surface area contributed by atoms with Crippen molar-refractivity contribution in [2.24, 2.45) is 5.92 Å². The van der Waals surface area contributed by atoms with E-state index in [-0.39, 0.29) is 17.7 Å². The van der Waals surface area contributed by atoms with E-state index in [4.69, 9.17) is 4.74 Å². The van der Waals surface area contributed by atoms with Crippen LogP contribution >= 0.6 is 22.7 Å². The van der Waals surface area contributed by atoms with Gasteiger partial charge < -0.3 is 10.1 Å². The molecule has 2 N–H and O–H groups in total. The normalized spacial score (nSPS) is 13.2. The van der Waals surface area contributed by atoms with Gasteiger partial charge in [-0.15, -0.1) is 22.7 Å². The van der Waals surface area contributed by atoms with Gasteiger partial charge in [0.05, 0.1) is 22.2 Å². The van der Waals surface area contributed by atoms with Crippen LogP contribution in [0.4, 0.5) is 10.1 Å². The van der Waals surface area contributed by atoms with Crippen LogP contribution in [0.15, 0.2) is 36.4 Å². The number of nitrogens with one attached hydrogen (secondary N) is 2. The van der Waals surface area contributed by atoms with E-state index in [1.165, 1.54) is 22.7 Å². The molecule has 0 unspecified atom stereocenters. The Balaban J connectivity index is 1.43. The largest absolute Gasteiger partial charge is 0.494 e. The Hall–Kier alpha value is -2.71. The van der Waals surface area contributed by atoms with Crippen LogP contribution in [0.2, 0.25) is 0 Å². The Labute approximate surface area is 176 Å². The summed E-state index contributed by atoms with van der Waals surface area (Å²) in [6, 6.07) is 11.2. The van der Waals surface area contributed by atoms with Gasteiger partial charge in [0.25, 0.3) is 5.91 Å². The van der Waals surface area contributed by atoms with Crippen molar-refractivity contribution in [1.29, 1.82) is 0 Å². The molecule has 0 radical (unpaired) electrons. The highest BCUT2D eigenvalue weighted by Crippen LogP contribution is 2.33. The third-order valence-electron chi connectivity index (χ3n) is 4.48. The minimum absolute atomic E-state index is 0.0364. The molecule has 150 valence electrons. The van der Waals surface area contributed by atoms with Crippen LogP contribution in [-0.4, -0.2) is 23.4 Å². The Morgan fingerprint density at radius 1 is 1.10 bits per heavy atom.